The highest BCUT2D eigenvalue weighted by molar-refractivity contribution is 5.91. The van der Waals surface area contributed by atoms with Gasteiger partial charge in [-0.15, -0.1) is 20.4 Å². The molecule has 0 unspecified atom stereocenters. The van der Waals surface area contributed by atoms with Crippen LogP contribution in [0.5, 0.6) is 0 Å². The van der Waals surface area contributed by atoms with E-state index in [1.807, 2.05) is 0 Å². The second kappa shape index (κ2) is 11.4. The largest absolute Gasteiger partial charge is 0.478 e. The van der Waals surface area contributed by atoms with Gasteiger partial charge in [0.1, 0.15) is 11.6 Å². The Bertz CT molecular complexity index is 1810. The first-order valence-corrected chi connectivity index (χ1v) is 11.5. The minimum atomic E-state index is -1.37. The van der Waals surface area contributed by atoms with E-state index >= 15 is 0 Å². The van der Waals surface area contributed by atoms with Crippen LogP contribution in [0.2, 0.25) is 0 Å². The topological polar surface area (TPSA) is 168 Å². The second-order valence-corrected chi connectivity index (χ2v) is 7.97. The normalized spacial score (nSPS) is 10.6. The fourth-order valence-electron chi connectivity index (χ4n) is 3.43. The van der Waals surface area contributed by atoms with Crippen LogP contribution in [0, 0.1) is 11.6 Å². The van der Waals surface area contributed by atoms with E-state index in [4.69, 9.17) is 22.8 Å². The lowest BCUT2D eigenvalue weighted by molar-refractivity contribution is 0.0594. The number of carbonyl (C=O) groups is 2. The molecule has 41 heavy (non-hydrogen) atoms. The molecular weight excluding hydrogens is 546 g/mol. The van der Waals surface area contributed by atoms with E-state index in [1.165, 1.54) is 37.8 Å². The maximum Gasteiger partial charge on any atom is 0.340 e. The van der Waals surface area contributed by atoms with Crippen molar-refractivity contribution in [3.63, 3.8) is 0 Å². The van der Waals surface area contributed by atoms with Crippen molar-refractivity contribution in [1.82, 2.24) is 20.4 Å². The molecule has 4 heterocycles. The summed E-state index contributed by atoms with van der Waals surface area (Å²) in [6, 6.07) is 14.1. The fourth-order valence-corrected chi connectivity index (χ4v) is 3.43. The quantitative estimate of drug-likeness (QED) is 0.244. The highest BCUT2D eigenvalue weighted by Crippen LogP contribution is 2.27. The summed E-state index contributed by atoms with van der Waals surface area (Å²) < 4.78 is 52.4. The summed E-state index contributed by atoms with van der Waals surface area (Å²) in [6.45, 7) is 0. The predicted octanol–water partition coefficient (Wildman–Crippen LogP) is 5.76. The molecule has 1 N–H and O–H groups in total. The molecule has 6 rings (SSSR count). The highest BCUT2D eigenvalue weighted by atomic mass is 19.1. The molecule has 0 aliphatic carbocycles. The third kappa shape index (κ3) is 5.75. The molecule has 0 spiro atoms. The van der Waals surface area contributed by atoms with Crippen LogP contribution < -0.4 is 0 Å². The third-order valence-corrected chi connectivity index (χ3v) is 5.38. The molecule has 0 bridgehead atoms. The van der Waals surface area contributed by atoms with Crippen LogP contribution in [-0.4, -0.2) is 44.5 Å². The maximum absolute atomic E-state index is 13.6. The van der Waals surface area contributed by atoms with Crippen molar-refractivity contribution >= 4 is 11.9 Å². The van der Waals surface area contributed by atoms with Crippen molar-refractivity contribution < 1.29 is 45.9 Å². The van der Waals surface area contributed by atoms with E-state index in [-0.39, 0.29) is 29.1 Å². The minimum absolute atomic E-state index is 0.0823. The van der Waals surface area contributed by atoms with E-state index in [0.29, 0.717) is 22.6 Å². The lowest BCUT2D eigenvalue weighted by atomic mass is 10.1. The number of nitrogens with zero attached hydrogens (tertiary/aromatic N) is 4. The molecular formula is C27H16F2N4O8. The Labute approximate surface area is 227 Å². The van der Waals surface area contributed by atoms with Gasteiger partial charge in [0, 0.05) is 11.1 Å². The molecule has 2 aromatic carbocycles. The summed E-state index contributed by atoms with van der Waals surface area (Å²) in [4.78, 5) is 22.3. The molecule has 14 heteroatoms. The Hall–Kier alpha value is -5.92. The standard InChI is InChI=1S/C14H9FN2O4.C13H7FN2O4/c1-19-14(18)9-7-8(4-5-10(9)15)12-16-17-13(21-12)11-3-2-6-20-11;14-9-4-3-7(6-8(9)13(17)18)11-15-16-12(20-11)10-2-1-5-19-10/h2-7H,1H3;1-6H,(H,17,18). The predicted molar refractivity (Wildman–Crippen MR) is 133 cm³/mol. The van der Waals surface area contributed by atoms with Crippen molar-refractivity contribution in [3.8, 4) is 46.2 Å². The third-order valence-electron chi connectivity index (χ3n) is 5.38. The summed E-state index contributed by atoms with van der Waals surface area (Å²) in [5, 5.41) is 24.1. The summed E-state index contributed by atoms with van der Waals surface area (Å²) in [7, 11) is 1.18. The molecule has 0 fully saturated rings. The Morgan fingerprint density at radius 1 is 0.707 bits per heavy atom. The lowest BCUT2D eigenvalue weighted by Crippen LogP contribution is -2.04. The zero-order valence-corrected chi connectivity index (χ0v) is 20.8. The van der Waals surface area contributed by atoms with Crippen molar-refractivity contribution in [2.24, 2.45) is 0 Å². The Kier molecular flexibility index (Phi) is 7.45. The first kappa shape index (κ1) is 26.7. The van der Waals surface area contributed by atoms with Gasteiger partial charge in [-0.1, -0.05) is 0 Å². The molecule has 0 amide bonds. The average molecular weight is 562 g/mol. The van der Waals surface area contributed by atoms with Crippen LogP contribution in [0.4, 0.5) is 8.78 Å². The molecule has 0 atom stereocenters. The SMILES string of the molecule is COC(=O)c1cc(-c2nnc(-c3ccco3)o2)ccc1F.O=C(O)c1cc(-c2nnc(-c3ccco3)o2)ccc1F. The van der Waals surface area contributed by atoms with E-state index < -0.39 is 29.1 Å². The number of hydrogen-bond donors (Lipinski definition) is 1. The van der Waals surface area contributed by atoms with E-state index in [1.54, 1.807) is 24.3 Å². The van der Waals surface area contributed by atoms with Gasteiger partial charge in [-0.25, -0.2) is 18.4 Å². The van der Waals surface area contributed by atoms with Gasteiger partial charge in [0.2, 0.25) is 11.8 Å². The van der Waals surface area contributed by atoms with Gasteiger partial charge in [-0.2, -0.15) is 0 Å². The molecule has 0 radical (unpaired) electrons. The van der Waals surface area contributed by atoms with Crippen molar-refractivity contribution in [3.05, 3.63) is 96.0 Å². The van der Waals surface area contributed by atoms with Crippen LogP contribution in [0.3, 0.4) is 0 Å². The number of carboxylic acid groups (broad SMARTS) is 1. The lowest BCUT2D eigenvalue weighted by Gasteiger charge is -2.02. The van der Waals surface area contributed by atoms with Crippen LogP contribution in [0.25, 0.3) is 46.2 Å². The number of hydrogen-bond acceptors (Lipinski definition) is 11. The molecule has 4 aromatic heterocycles. The summed E-state index contributed by atoms with van der Waals surface area (Å²) in [5.74, 6) is -2.26. The van der Waals surface area contributed by atoms with Crippen molar-refractivity contribution in [1.29, 1.82) is 0 Å². The molecule has 12 nitrogen and oxygen atoms in total. The van der Waals surface area contributed by atoms with Gasteiger partial charge < -0.3 is 27.5 Å². The molecule has 0 saturated carbocycles. The monoisotopic (exact) mass is 562 g/mol. The fraction of sp³-hybridized carbons (Fsp3) is 0.0370. The van der Waals surface area contributed by atoms with Gasteiger partial charge in [0.15, 0.2) is 11.5 Å². The first-order valence-electron chi connectivity index (χ1n) is 11.5. The molecule has 0 aliphatic rings. The summed E-state index contributed by atoms with van der Waals surface area (Å²) in [6.07, 6.45) is 2.94. The van der Waals surface area contributed by atoms with Gasteiger partial charge in [0.05, 0.1) is 30.8 Å². The van der Waals surface area contributed by atoms with Crippen molar-refractivity contribution in [2.75, 3.05) is 7.11 Å². The molecule has 0 saturated heterocycles. The van der Waals surface area contributed by atoms with Gasteiger partial charge in [0.25, 0.3) is 11.8 Å². The molecule has 206 valence electrons. The Morgan fingerprint density at radius 3 is 1.61 bits per heavy atom. The van der Waals surface area contributed by atoms with E-state index in [0.717, 1.165) is 18.2 Å². The van der Waals surface area contributed by atoms with Crippen LogP contribution >= 0.6 is 0 Å². The van der Waals surface area contributed by atoms with Gasteiger partial charge in [-0.05, 0) is 60.7 Å². The highest BCUT2D eigenvalue weighted by Gasteiger charge is 2.18. The number of carboxylic acids is 1. The van der Waals surface area contributed by atoms with Crippen LogP contribution in [-0.2, 0) is 4.74 Å². The number of halogens is 2. The number of rotatable bonds is 6. The maximum atomic E-state index is 13.6. The number of esters is 1. The number of carbonyl (C=O) groups excluding carboxylic acids is 1. The van der Waals surface area contributed by atoms with Gasteiger partial charge in [-0.3, -0.25) is 0 Å². The second-order valence-electron chi connectivity index (χ2n) is 7.97. The number of methoxy groups -OCH3 is 1. The van der Waals surface area contributed by atoms with Crippen LogP contribution in [0.1, 0.15) is 20.7 Å². The zero-order chi connectivity index (χ0) is 28.9. The summed E-state index contributed by atoms with van der Waals surface area (Å²) in [5.41, 5.74) is 0.0595. The number of furan rings is 2. The Balaban J connectivity index is 0.000000165. The minimum Gasteiger partial charge on any atom is -0.478 e. The van der Waals surface area contributed by atoms with E-state index in [9.17, 15) is 18.4 Å². The number of ether oxygens (including phenoxy) is 1. The number of benzene rings is 2. The molecule has 6 aromatic rings. The van der Waals surface area contributed by atoms with Crippen molar-refractivity contribution in [2.45, 2.75) is 0 Å². The summed E-state index contributed by atoms with van der Waals surface area (Å²) >= 11 is 0. The Morgan fingerprint density at radius 2 is 1.17 bits per heavy atom. The number of aromatic nitrogens is 4. The first-order chi connectivity index (χ1) is 19.8. The smallest absolute Gasteiger partial charge is 0.340 e. The molecule has 0 aliphatic heterocycles. The average Bonchev–Trinajstić information content (AvgIpc) is 3.80. The zero-order valence-electron chi connectivity index (χ0n) is 20.8. The van der Waals surface area contributed by atoms with E-state index in [2.05, 4.69) is 25.1 Å². The van der Waals surface area contributed by atoms with Gasteiger partial charge >= 0.3 is 11.9 Å². The number of aromatic carboxylic acids is 1. The van der Waals surface area contributed by atoms with Crippen LogP contribution in [0.15, 0.2) is 90.9 Å².